The molecule has 10 radical (unpaired) electrons. The van der Waals surface area contributed by atoms with Gasteiger partial charge >= 0.3 is 37.9 Å². The molecule has 6 aliphatic carbocycles. The van der Waals surface area contributed by atoms with E-state index >= 15 is 0 Å². The second-order valence-corrected chi connectivity index (χ2v) is 12.9. The molecule has 0 heterocycles. The second kappa shape index (κ2) is 7.89. The Morgan fingerprint density at radius 3 is 2.22 bits per heavy atom. The predicted octanol–water partition coefficient (Wildman–Crippen LogP) is 6.87. The van der Waals surface area contributed by atoms with Gasteiger partial charge in [0.25, 0.3) is 0 Å². The quantitative estimate of drug-likeness (QED) is 0.408. The molecule has 138 valence electrons. The van der Waals surface area contributed by atoms with E-state index < -0.39 is 20.8 Å². The molecule has 0 N–H and O–H groups in total. The van der Waals surface area contributed by atoms with Crippen LogP contribution < -0.4 is 0 Å². The van der Waals surface area contributed by atoms with Crippen LogP contribution in [-0.2, 0) is 20.8 Å². The zero-order valence-electron chi connectivity index (χ0n) is 16.4. The van der Waals surface area contributed by atoms with Crippen LogP contribution in [0.4, 0.5) is 0 Å². The van der Waals surface area contributed by atoms with Gasteiger partial charge in [0.2, 0.25) is 0 Å². The molecule has 3 heteroatoms. The van der Waals surface area contributed by atoms with Crippen LogP contribution in [-0.4, -0.2) is 0 Å². The van der Waals surface area contributed by atoms with Crippen molar-refractivity contribution in [2.75, 3.05) is 0 Å². The first-order valence-corrected chi connectivity index (χ1v) is 16.1. The maximum atomic E-state index is 4.93. The van der Waals surface area contributed by atoms with Crippen molar-refractivity contribution in [1.29, 1.82) is 0 Å². The van der Waals surface area contributed by atoms with Crippen molar-refractivity contribution in [3.63, 3.8) is 0 Å². The summed E-state index contributed by atoms with van der Waals surface area (Å²) in [6.07, 6.45) is 20.8. The average molecular weight is 477 g/mol. The van der Waals surface area contributed by atoms with E-state index in [2.05, 4.69) is 77.7 Å². The van der Waals surface area contributed by atoms with Crippen LogP contribution in [0.15, 0.2) is 24.3 Å². The second-order valence-electron chi connectivity index (χ2n) is 9.19. The van der Waals surface area contributed by atoms with E-state index in [1.807, 2.05) is 0 Å². The number of fused-ring (bicyclic) bond motifs is 1. The minimum absolute atomic E-state index is 0.0647. The Morgan fingerprint density at radius 1 is 1.04 bits per heavy atom. The molecule has 0 nitrogen and oxygen atoms in total. The molecule has 2 bridgehead atoms. The monoisotopic (exact) mass is 474 g/mol. The van der Waals surface area contributed by atoms with Gasteiger partial charge in [-0.05, 0) is 78.9 Å². The fourth-order valence-electron chi connectivity index (χ4n) is 5.72. The van der Waals surface area contributed by atoms with Gasteiger partial charge < -0.3 is 0 Å². The molecule has 0 aliphatic heterocycles. The molecule has 0 amide bonds. The number of rotatable bonds is 2. The molecule has 0 spiro atoms. The molecule has 2 atom stereocenters. The fourth-order valence-corrected chi connectivity index (χ4v) is 5.72. The van der Waals surface area contributed by atoms with Crippen molar-refractivity contribution >= 4 is 17.0 Å². The number of halogens is 2. The van der Waals surface area contributed by atoms with Gasteiger partial charge in [0.1, 0.15) is 0 Å². The first kappa shape index (κ1) is 21.2. The Labute approximate surface area is 185 Å². The number of hydrogen-bond acceptors (Lipinski definition) is 0. The van der Waals surface area contributed by atoms with Crippen LogP contribution in [0.2, 0.25) is 0 Å². The molecule has 6 rings (SSSR count). The Bertz CT molecular complexity index is 602. The SMILES string of the molecule is CC(C)([C]1[CH][CH][CH][CH]1)[C]1[C]2C=CC=C[C]2[C]2C[C@H]3C[C@@H]([C]21)C3(C)C.[Cl][Zr+2][Cl]. The average Bonchev–Trinajstić information content (AvgIpc) is 3.28. The van der Waals surface area contributed by atoms with Gasteiger partial charge in [0.05, 0.1) is 0 Å². The van der Waals surface area contributed by atoms with E-state index in [-0.39, 0.29) is 5.41 Å². The summed E-state index contributed by atoms with van der Waals surface area (Å²) in [6, 6.07) is 0. The summed E-state index contributed by atoms with van der Waals surface area (Å²) in [5, 5.41) is 0. The van der Waals surface area contributed by atoms with Gasteiger partial charge in [-0.15, -0.1) is 0 Å². The van der Waals surface area contributed by atoms with Crippen molar-refractivity contribution in [2.24, 2.45) is 22.7 Å². The van der Waals surface area contributed by atoms with Crippen molar-refractivity contribution in [3.8, 4) is 0 Å². The predicted molar refractivity (Wildman–Crippen MR) is 110 cm³/mol. The van der Waals surface area contributed by atoms with Crippen molar-refractivity contribution in [3.05, 3.63) is 85.5 Å². The van der Waals surface area contributed by atoms with Gasteiger partial charge in [-0.25, -0.2) is 0 Å². The van der Waals surface area contributed by atoms with Crippen LogP contribution in [0.1, 0.15) is 40.5 Å². The van der Waals surface area contributed by atoms with Crippen LogP contribution in [0.25, 0.3) is 0 Å². The summed E-state index contributed by atoms with van der Waals surface area (Å²) in [4.78, 5) is 0. The summed E-state index contributed by atoms with van der Waals surface area (Å²) < 4.78 is 0. The molecule has 27 heavy (non-hydrogen) atoms. The Morgan fingerprint density at radius 2 is 1.63 bits per heavy atom. The first-order valence-electron chi connectivity index (χ1n) is 9.73. The fraction of sp³-hybridized carbons (Fsp3) is 0.417. The van der Waals surface area contributed by atoms with Gasteiger partial charge in [0, 0.05) is 17.8 Å². The van der Waals surface area contributed by atoms with Crippen LogP contribution >= 0.6 is 17.0 Å². The van der Waals surface area contributed by atoms with E-state index in [4.69, 9.17) is 17.0 Å². The first-order chi connectivity index (χ1) is 12.8. The van der Waals surface area contributed by atoms with Crippen LogP contribution in [0.5, 0.6) is 0 Å². The summed E-state index contributed by atoms with van der Waals surface area (Å²) in [5.41, 5.74) is 0.531. The van der Waals surface area contributed by atoms with Crippen molar-refractivity contribution in [1.82, 2.24) is 0 Å². The molecule has 6 aliphatic rings. The van der Waals surface area contributed by atoms with Crippen LogP contribution in [0, 0.1) is 83.9 Å². The van der Waals surface area contributed by atoms with Crippen molar-refractivity contribution in [2.45, 2.75) is 40.5 Å². The maximum absolute atomic E-state index is 4.93. The number of allylic oxidation sites excluding steroid dienone is 4. The van der Waals surface area contributed by atoms with E-state index in [0.717, 1.165) is 11.8 Å². The summed E-state index contributed by atoms with van der Waals surface area (Å²) >= 11 is -0.826. The van der Waals surface area contributed by atoms with Crippen LogP contribution in [0.3, 0.4) is 0 Å². The molecule has 0 aromatic heterocycles. The summed E-state index contributed by atoms with van der Waals surface area (Å²) in [5.74, 6) is 11.1. The van der Waals surface area contributed by atoms with E-state index in [9.17, 15) is 0 Å². The molecule has 0 aromatic rings. The standard InChI is InChI=1S/C24H26.2ClH.Zr/c1-23(2)16-13-19-17-11-7-8-12-18(17)22(21(19)20(23)14-16)24(3,4)15-9-5-6-10-15;;;/h5-12,16,20H,13-14H2,1-4H3;2*1H;/q;;;+4/p-2/t16-,20-;;;/m0.../s1. The Kier molecular flexibility index (Phi) is 6.19. The third-order valence-corrected chi connectivity index (χ3v) is 7.39. The molecular formula is C24H26Cl2Zr+2. The normalized spacial score (nSPS) is 33.9. The topological polar surface area (TPSA) is 0 Å². The Balaban J connectivity index is 0.000000565. The van der Waals surface area contributed by atoms with Gasteiger partial charge in [-0.3, -0.25) is 0 Å². The summed E-state index contributed by atoms with van der Waals surface area (Å²) in [7, 11) is 9.87. The zero-order valence-corrected chi connectivity index (χ0v) is 20.4. The van der Waals surface area contributed by atoms with Gasteiger partial charge in [0.15, 0.2) is 0 Å². The van der Waals surface area contributed by atoms with E-state index in [0.29, 0.717) is 5.41 Å². The Hall–Kier alpha value is 0.943. The molecule has 5 fully saturated rings. The molecular weight excluding hydrogens is 450 g/mol. The molecule has 0 aromatic carbocycles. The number of hydrogen-bond donors (Lipinski definition) is 0. The van der Waals surface area contributed by atoms with E-state index in [1.54, 1.807) is 17.8 Å². The van der Waals surface area contributed by atoms with Gasteiger partial charge in [-0.2, -0.15) is 0 Å². The molecule has 5 saturated carbocycles. The molecule has 0 unspecified atom stereocenters. The minimum atomic E-state index is -0.826. The van der Waals surface area contributed by atoms with Crippen molar-refractivity contribution < 1.29 is 20.8 Å². The zero-order chi connectivity index (χ0) is 19.4. The van der Waals surface area contributed by atoms with E-state index in [1.165, 1.54) is 30.6 Å². The summed E-state index contributed by atoms with van der Waals surface area (Å²) in [6.45, 7) is 9.82. The molecule has 0 saturated heterocycles. The third-order valence-electron chi connectivity index (χ3n) is 7.39. The third kappa shape index (κ3) is 3.33. The van der Waals surface area contributed by atoms with Gasteiger partial charge in [-0.1, -0.05) is 52.0 Å².